The highest BCUT2D eigenvalue weighted by molar-refractivity contribution is 5.84. The number of nitrogens with zero attached hydrogens (tertiary/aromatic N) is 2. The van der Waals surface area contributed by atoms with Gasteiger partial charge in [0.25, 0.3) is 0 Å². The molecular weight excluding hydrogens is 220 g/mol. The van der Waals surface area contributed by atoms with Crippen LogP contribution in [0.5, 0.6) is 11.5 Å². The molecule has 5 heteroatoms. The summed E-state index contributed by atoms with van der Waals surface area (Å²) < 4.78 is 5.02. The molecule has 0 aliphatic carbocycles. The first-order valence-electron chi connectivity index (χ1n) is 4.87. The molecule has 0 bridgehead atoms. The van der Waals surface area contributed by atoms with Crippen LogP contribution in [0.15, 0.2) is 51.2 Å². The van der Waals surface area contributed by atoms with Crippen molar-refractivity contribution in [2.75, 3.05) is 0 Å². The monoisotopic (exact) mass is 230 g/mol. The highest BCUT2D eigenvalue weighted by atomic mass is 16.3. The second-order valence-electron chi connectivity index (χ2n) is 3.25. The summed E-state index contributed by atoms with van der Waals surface area (Å²) in [6, 6.07) is 7.72. The Morgan fingerprint density at radius 2 is 1.88 bits per heavy atom. The second kappa shape index (κ2) is 4.98. The van der Waals surface area contributed by atoms with Crippen LogP contribution in [0.25, 0.3) is 0 Å². The summed E-state index contributed by atoms with van der Waals surface area (Å²) in [5.74, 6) is 0.540. The summed E-state index contributed by atoms with van der Waals surface area (Å²) in [5, 5.41) is 26.0. The molecule has 5 nitrogen and oxygen atoms in total. The van der Waals surface area contributed by atoms with Gasteiger partial charge in [-0.25, -0.2) is 0 Å². The van der Waals surface area contributed by atoms with Gasteiger partial charge in [-0.2, -0.15) is 10.2 Å². The Bertz CT molecular complexity index is 545. The van der Waals surface area contributed by atoms with Crippen LogP contribution in [-0.2, 0) is 0 Å². The van der Waals surface area contributed by atoms with E-state index in [1.165, 1.54) is 36.9 Å². The molecule has 2 rings (SSSR count). The number of hydrogen-bond donors (Lipinski definition) is 2. The van der Waals surface area contributed by atoms with E-state index in [1.807, 2.05) is 0 Å². The Kier molecular flexibility index (Phi) is 3.20. The van der Waals surface area contributed by atoms with Gasteiger partial charge in [0.05, 0.1) is 18.7 Å². The SMILES string of the molecule is Oc1ccc(/C=N\N=C\c2ccco2)c(O)c1. The van der Waals surface area contributed by atoms with Crippen molar-refractivity contribution in [1.29, 1.82) is 0 Å². The van der Waals surface area contributed by atoms with E-state index in [9.17, 15) is 5.11 Å². The largest absolute Gasteiger partial charge is 0.508 e. The molecule has 86 valence electrons. The highest BCUT2D eigenvalue weighted by Gasteiger charge is 1.98. The molecule has 0 amide bonds. The van der Waals surface area contributed by atoms with Gasteiger partial charge in [-0.3, -0.25) is 0 Å². The van der Waals surface area contributed by atoms with Crippen LogP contribution in [0, 0.1) is 0 Å². The van der Waals surface area contributed by atoms with Gasteiger partial charge in [0, 0.05) is 11.6 Å². The first-order chi connectivity index (χ1) is 8.25. The average Bonchev–Trinajstić information content (AvgIpc) is 2.79. The zero-order valence-electron chi connectivity index (χ0n) is 8.82. The minimum Gasteiger partial charge on any atom is -0.508 e. The molecule has 1 aromatic heterocycles. The lowest BCUT2D eigenvalue weighted by atomic mass is 10.2. The summed E-state index contributed by atoms with van der Waals surface area (Å²) >= 11 is 0. The number of aromatic hydroxyl groups is 2. The van der Waals surface area contributed by atoms with Gasteiger partial charge in [-0.15, -0.1) is 0 Å². The maximum absolute atomic E-state index is 9.45. The van der Waals surface area contributed by atoms with E-state index >= 15 is 0 Å². The Balaban J connectivity index is 2.05. The predicted octanol–water partition coefficient (Wildman–Crippen LogP) is 2.14. The summed E-state index contributed by atoms with van der Waals surface area (Å²) in [6.07, 6.45) is 4.37. The van der Waals surface area contributed by atoms with Crippen molar-refractivity contribution in [2.24, 2.45) is 10.2 Å². The Morgan fingerprint density at radius 1 is 1.06 bits per heavy atom. The van der Waals surface area contributed by atoms with Crippen LogP contribution in [-0.4, -0.2) is 22.6 Å². The number of hydrogen-bond acceptors (Lipinski definition) is 5. The van der Waals surface area contributed by atoms with Gasteiger partial charge in [0.2, 0.25) is 0 Å². The van der Waals surface area contributed by atoms with E-state index in [0.717, 1.165) is 0 Å². The zero-order chi connectivity index (χ0) is 12.1. The first-order valence-corrected chi connectivity index (χ1v) is 4.87. The van der Waals surface area contributed by atoms with Crippen LogP contribution in [0.1, 0.15) is 11.3 Å². The standard InChI is InChI=1S/C12H10N2O3/c15-10-4-3-9(12(16)6-10)7-13-14-8-11-2-1-5-17-11/h1-8,15-16H/b13-7-,14-8+. The third-order valence-electron chi connectivity index (χ3n) is 2.01. The van der Waals surface area contributed by atoms with Crippen LogP contribution in [0.2, 0.25) is 0 Å². The molecule has 0 aliphatic rings. The molecule has 0 saturated heterocycles. The Morgan fingerprint density at radius 3 is 2.59 bits per heavy atom. The average molecular weight is 230 g/mol. The van der Waals surface area contributed by atoms with Gasteiger partial charge in [0.15, 0.2) is 0 Å². The van der Waals surface area contributed by atoms with Gasteiger partial charge >= 0.3 is 0 Å². The van der Waals surface area contributed by atoms with Gasteiger partial charge in [0.1, 0.15) is 17.3 Å². The van der Waals surface area contributed by atoms with Crippen molar-refractivity contribution in [1.82, 2.24) is 0 Å². The highest BCUT2D eigenvalue weighted by Crippen LogP contribution is 2.20. The Labute approximate surface area is 97.4 Å². The van der Waals surface area contributed by atoms with Gasteiger partial charge < -0.3 is 14.6 Å². The normalized spacial score (nSPS) is 11.5. The summed E-state index contributed by atoms with van der Waals surface area (Å²) in [5.41, 5.74) is 0.472. The molecule has 1 aromatic carbocycles. The van der Waals surface area contributed by atoms with Gasteiger partial charge in [-0.05, 0) is 24.3 Å². The maximum atomic E-state index is 9.45. The van der Waals surface area contributed by atoms with Crippen LogP contribution in [0.4, 0.5) is 0 Å². The molecule has 0 fully saturated rings. The van der Waals surface area contributed by atoms with E-state index in [-0.39, 0.29) is 11.5 Å². The third-order valence-corrected chi connectivity index (χ3v) is 2.01. The molecule has 0 atom stereocenters. The molecule has 0 aliphatic heterocycles. The van der Waals surface area contributed by atoms with E-state index in [1.54, 1.807) is 12.1 Å². The lowest BCUT2D eigenvalue weighted by molar-refractivity contribution is 0.450. The summed E-state index contributed by atoms with van der Waals surface area (Å²) in [6.45, 7) is 0. The lowest BCUT2D eigenvalue weighted by Crippen LogP contribution is -1.81. The Hall–Kier alpha value is -2.56. The predicted molar refractivity (Wildman–Crippen MR) is 63.7 cm³/mol. The molecule has 2 aromatic rings. The number of benzene rings is 1. The minimum absolute atomic E-state index is 0.00117. The maximum Gasteiger partial charge on any atom is 0.146 e. The molecule has 2 N–H and O–H groups in total. The van der Waals surface area contributed by atoms with Crippen LogP contribution < -0.4 is 0 Å². The number of rotatable bonds is 3. The van der Waals surface area contributed by atoms with Crippen molar-refractivity contribution in [3.05, 3.63) is 47.9 Å². The van der Waals surface area contributed by atoms with Crippen LogP contribution in [0.3, 0.4) is 0 Å². The number of furan rings is 1. The first kappa shape index (κ1) is 10.9. The molecule has 0 radical (unpaired) electrons. The molecule has 0 unspecified atom stereocenters. The number of phenols is 2. The second-order valence-corrected chi connectivity index (χ2v) is 3.25. The zero-order valence-corrected chi connectivity index (χ0v) is 8.82. The molecule has 17 heavy (non-hydrogen) atoms. The molecule has 0 saturated carbocycles. The van der Waals surface area contributed by atoms with E-state index < -0.39 is 0 Å². The fraction of sp³-hybridized carbons (Fsp3) is 0. The smallest absolute Gasteiger partial charge is 0.146 e. The minimum atomic E-state index is -0.0538. The molecular formula is C12H10N2O3. The quantitative estimate of drug-likeness (QED) is 0.626. The van der Waals surface area contributed by atoms with Crippen LogP contribution >= 0.6 is 0 Å². The van der Waals surface area contributed by atoms with E-state index in [0.29, 0.717) is 11.3 Å². The van der Waals surface area contributed by atoms with Crippen molar-refractivity contribution in [3.8, 4) is 11.5 Å². The fourth-order valence-corrected chi connectivity index (χ4v) is 1.19. The van der Waals surface area contributed by atoms with Crippen molar-refractivity contribution >= 4 is 12.4 Å². The topological polar surface area (TPSA) is 78.3 Å². The van der Waals surface area contributed by atoms with Gasteiger partial charge in [-0.1, -0.05) is 0 Å². The van der Waals surface area contributed by atoms with Crippen molar-refractivity contribution in [2.45, 2.75) is 0 Å². The summed E-state index contributed by atoms with van der Waals surface area (Å²) in [4.78, 5) is 0. The molecule has 0 spiro atoms. The van der Waals surface area contributed by atoms with E-state index in [2.05, 4.69) is 10.2 Å². The fourth-order valence-electron chi connectivity index (χ4n) is 1.19. The molecule has 1 heterocycles. The number of phenolic OH excluding ortho intramolecular Hbond substituents is 2. The van der Waals surface area contributed by atoms with Crippen molar-refractivity contribution < 1.29 is 14.6 Å². The lowest BCUT2D eigenvalue weighted by Gasteiger charge is -1.97. The van der Waals surface area contributed by atoms with Crippen molar-refractivity contribution in [3.63, 3.8) is 0 Å². The van der Waals surface area contributed by atoms with E-state index in [4.69, 9.17) is 9.52 Å². The third kappa shape index (κ3) is 2.94. The summed E-state index contributed by atoms with van der Waals surface area (Å²) in [7, 11) is 0.